The van der Waals surface area contributed by atoms with Gasteiger partial charge in [-0.05, 0) is 43.1 Å². The first-order valence-corrected chi connectivity index (χ1v) is 11.6. The van der Waals surface area contributed by atoms with E-state index in [0.717, 1.165) is 0 Å². The van der Waals surface area contributed by atoms with Gasteiger partial charge in [-0.1, -0.05) is 32.9 Å². The van der Waals surface area contributed by atoms with E-state index in [-0.39, 0.29) is 22.8 Å². The van der Waals surface area contributed by atoms with Crippen LogP contribution < -0.4 is 0 Å². The molecule has 0 saturated heterocycles. The van der Waals surface area contributed by atoms with Crippen LogP contribution in [0, 0.1) is 0 Å². The summed E-state index contributed by atoms with van der Waals surface area (Å²) in [6.45, 7) is 10.7. The maximum atomic E-state index is 12.3. The van der Waals surface area contributed by atoms with Crippen LogP contribution in [0.5, 0.6) is 0 Å². The van der Waals surface area contributed by atoms with Crippen molar-refractivity contribution < 1.29 is 18.8 Å². The molecule has 2 rings (SSSR count). The van der Waals surface area contributed by atoms with Crippen molar-refractivity contribution in [1.29, 1.82) is 0 Å². The predicted octanol–water partition coefficient (Wildman–Crippen LogP) is 4.00. The van der Waals surface area contributed by atoms with E-state index in [1.54, 1.807) is 24.3 Å². The molecule has 6 heteroatoms. The molecule has 0 bridgehead atoms. The third-order valence-electron chi connectivity index (χ3n) is 5.07. The van der Waals surface area contributed by atoms with Crippen LogP contribution in [0.4, 0.5) is 0 Å². The average Bonchev–Trinajstić information content (AvgIpc) is 2.75. The summed E-state index contributed by atoms with van der Waals surface area (Å²) in [7, 11) is -2.09. The second-order valence-corrected chi connectivity index (χ2v) is 12.7. The number of unbranched alkanes of at least 4 members (excludes halogenated alkanes) is 1. The second-order valence-electron chi connectivity index (χ2n) is 8.00. The van der Waals surface area contributed by atoms with Crippen LogP contribution in [-0.2, 0) is 9.22 Å². The Morgan fingerprint density at radius 3 is 2.04 bits per heavy atom. The maximum absolute atomic E-state index is 12.3. The molecule has 0 unspecified atom stereocenters. The van der Waals surface area contributed by atoms with Crippen LogP contribution in [0.2, 0.25) is 18.1 Å². The minimum absolute atomic E-state index is 0.0111. The number of carbonyl (C=O) groups is 3. The molecular weight excluding hydrogens is 334 g/mol. The highest BCUT2D eigenvalue weighted by Gasteiger charge is 2.40. The van der Waals surface area contributed by atoms with Gasteiger partial charge in [0.05, 0.1) is 11.1 Å². The molecule has 1 aliphatic rings. The normalized spacial score (nSPS) is 14.7. The Bertz CT molecular complexity index is 656. The Hall–Kier alpha value is -1.95. The zero-order valence-corrected chi connectivity index (χ0v) is 16.7. The summed E-state index contributed by atoms with van der Waals surface area (Å²) >= 11 is 0. The number of fused-ring (bicyclic) bond motifs is 1. The smallest absolute Gasteiger partial charge is 0.292 e. The lowest BCUT2D eigenvalue weighted by molar-refractivity contribution is -0.135. The molecule has 0 saturated carbocycles. The summed E-state index contributed by atoms with van der Waals surface area (Å²) in [4.78, 5) is 37.8. The van der Waals surface area contributed by atoms with E-state index in [9.17, 15) is 14.4 Å². The Morgan fingerprint density at radius 2 is 1.56 bits per heavy atom. The fourth-order valence-corrected chi connectivity index (χ4v) is 3.45. The summed E-state index contributed by atoms with van der Waals surface area (Å²) in [6, 6.07) is 6.85. The molecule has 0 radical (unpaired) electrons. The summed E-state index contributed by atoms with van der Waals surface area (Å²) in [5, 5.41) is -0.0111. The largest absolute Gasteiger partial charge is 0.519 e. The molecule has 1 aromatic carbocycles. The topological polar surface area (TPSA) is 63.7 Å². The second kappa shape index (κ2) is 7.12. The van der Waals surface area contributed by atoms with Gasteiger partial charge in [-0.2, -0.15) is 0 Å². The van der Waals surface area contributed by atoms with Crippen molar-refractivity contribution in [3.8, 4) is 0 Å². The van der Waals surface area contributed by atoms with Gasteiger partial charge < -0.3 is 4.43 Å². The summed E-state index contributed by atoms with van der Waals surface area (Å²) in [5.74, 6) is -0.678. The molecule has 0 atom stereocenters. The van der Waals surface area contributed by atoms with Crippen molar-refractivity contribution >= 4 is 26.1 Å². The Morgan fingerprint density at radius 1 is 1.04 bits per heavy atom. The molecule has 0 aromatic heterocycles. The van der Waals surface area contributed by atoms with Gasteiger partial charge in [-0.15, -0.1) is 0 Å². The van der Waals surface area contributed by atoms with Crippen LogP contribution in [0.1, 0.15) is 60.7 Å². The Kier molecular flexibility index (Phi) is 5.51. The average molecular weight is 362 g/mol. The van der Waals surface area contributed by atoms with Gasteiger partial charge in [0, 0.05) is 13.0 Å². The number of carbonyl (C=O) groups excluding carboxylic acids is 3. The van der Waals surface area contributed by atoms with Crippen molar-refractivity contribution in [3.63, 3.8) is 0 Å². The van der Waals surface area contributed by atoms with E-state index >= 15 is 0 Å². The number of hydrogen-bond donors (Lipinski definition) is 0. The molecule has 0 fully saturated rings. The van der Waals surface area contributed by atoms with Gasteiger partial charge in [0.25, 0.3) is 26.1 Å². The number of imide groups is 1. The molecule has 1 aromatic rings. The molecule has 0 spiro atoms. The Labute approximate surface area is 150 Å². The SMILES string of the molecule is CC(C)(C)[Si](C)(C)OC(=O)CCCCN1C(=O)c2ccccc2C1=O. The summed E-state index contributed by atoms with van der Waals surface area (Å²) < 4.78 is 5.72. The number of benzene rings is 1. The number of nitrogens with zero attached hydrogens (tertiary/aromatic N) is 1. The number of rotatable bonds is 6. The molecule has 0 aliphatic carbocycles. The maximum Gasteiger partial charge on any atom is 0.292 e. The third-order valence-corrected chi connectivity index (χ3v) is 9.42. The molecule has 5 nitrogen and oxygen atoms in total. The van der Waals surface area contributed by atoms with E-state index in [4.69, 9.17) is 4.43 Å². The molecule has 0 N–H and O–H groups in total. The molecule has 1 aliphatic heterocycles. The quantitative estimate of drug-likeness (QED) is 0.436. The summed E-state index contributed by atoms with van der Waals surface area (Å²) in [6.07, 6.45) is 1.51. The Balaban J connectivity index is 1.80. The molecule has 2 amide bonds. The first-order valence-electron chi connectivity index (χ1n) is 8.71. The van der Waals surface area contributed by atoms with Crippen molar-refractivity contribution in [1.82, 2.24) is 4.90 Å². The monoisotopic (exact) mass is 361 g/mol. The van der Waals surface area contributed by atoms with E-state index in [1.807, 2.05) is 13.1 Å². The third kappa shape index (κ3) is 4.18. The van der Waals surface area contributed by atoms with E-state index in [2.05, 4.69) is 20.8 Å². The number of hydrogen-bond acceptors (Lipinski definition) is 4. The zero-order chi connectivity index (χ0) is 18.8. The lowest BCUT2D eigenvalue weighted by Crippen LogP contribution is -2.42. The highest BCUT2D eigenvalue weighted by molar-refractivity contribution is 6.75. The minimum Gasteiger partial charge on any atom is -0.519 e. The minimum atomic E-state index is -2.09. The molecule has 1 heterocycles. The van der Waals surface area contributed by atoms with Crippen LogP contribution in [-0.4, -0.2) is 37.5 Å². The first kappa shape index (κ1) is 19.4. The molecular formula is C19H27NO4Si. The predicted molar refractivity (Wildman–Crippen MR) is 98.9 cm³/mol. The van der Waals surface area contributed by atoms with Crippen LogP contribution >= 0.6 is 0 Å². The van der Waals surface area contributed by atoms with Gasteiger partial charge in [0.15, 0.2) is 0 Å². The van der Waals surface area contributed by atoms with Gasteiger partial charge in [0.1, 0.15) is 0 Å². The zero-order valence-electron chi connectivity index (χ0n) is 15.7. The highest BCUT2D eigenvalue weighted by Crippen LogP contribution is 2.36. The fraction of sp³-hybridized carbons (Fsp3) is 0.526. The molecule has 136 valence electrons. The van der Waals surface area contributed by atoms with Gasteiger partial charge in [0.2, 0.25) is 0 Å². The van der Waals surface area contributed by atoms with Crippen LogP contribution in [0.3, 0.4) is 0 Å². The van der Waals surface area contributed by atoms with Crippen molar-refractivity contribution in [2.45, 2.75) is 58.2 Å². The lowest BCUT2D eigenvalue weighted by atomic mass is 10.1. The van der Waals surface area contributed by atoms with Gasteiger partial charge >= 0.3 is 0 Å². The van der Waals surface area contributed by atoms with E-state index in [1.165, 1.54) is 4.90 Å². The van der Waals surface area contributed by atoms with Crippen molar-refractivity contribution in [2.75, 3.05) is 6.54 Å². The fourth-order valence-electron chi connectivity index (χ4n) is 2.47. The standard InChI is InChI=1S/C19H27NO4Si/c1-19(2,3)25(4,5)24-16(21)12-8-9-13-20-17(22)14-10-6-7-11-15(14)18(20)23/h6-7,10-11H,8-9,12-13H2,1-5H3. The molecule has 25 heavy (non-hydrogen) atoms. The van der Waals surface area contributed by atoms with E-state index in [0.29, 0.717) is 36.9 Å². The van der Waals surface area contributed by atoms with E-state index < -0.39 is 8.32 Å². The number of amides is 2. The van der Waals surface area contributed by atoms with Crippen LogP contribution in [0.25, 0.3) is 0 Å². The first-order chi connectivity index (χ1) is 11.5. The summed E-state index contributed by atoms with van der Waals surface area (Å²) in [5.41, 5.74) is 0.926. The highest BCUT2D eigenvalue weighted by atomic mass is 28.4. The lowest BCUT2D eigenvalue weighted by Gasteiger charge is -2.35. The van der Waals surface area contributed by atoms with Crippen molar-refractivity contribution in [3.05, 3.63) is 35.4 Å². The van der Waals surface area contributed by atoms with Gasteiger partial charge in [-0.3, -0.25) is 19.3 Å². The van der Waals surface area contributed by atoms with Gasteiger partial charge in [-0.25, -0.2) is 0 Å². The van der Waals surface area contributed by atoms with Crippen LogP contribution in [0.15, 0.2) is 24.3 Å². The van der Waals surface area contributed by atoms with Crippen molar-refractivity contribution in [2.24, 2.45) is 0 Å².